The zero-order valence-electron chi connectivity index (χ0n) is 15.3. The molecule has 2 aromatic heterocycles. The number of aromatic amines is 1. The van der Waals surface area contributed by atoms with Crippen LogP contribution in [0.5, 0.6) is 5.75 Å². The molecular weight excluding hydrogens is 376 g/mol. The van der Waals surface area contributed by atoms with E-state index in [9.17, 15) is 8.42 Å². The number of fused-ring (bicyclic) bond motifs is 1. The van der Waals surface area contributed by atoms with E-state index in [4.69, 9.17) is 16.3 Å². The molecule has 140 valence electrons. The zero-order valence-corrected chi connectivity index (χ0v) is 16.9. The first-order chi connectivity index (χ1) is 12.0. The number of ether oxygens (including phenoxy) is 1. The van der Waals surface area contributed by atoms with Gasteiger partial charge in [0.2, 0.25) is 0 Å². The van der Waals surface area contributed by atoms with Gasteiger partial charge in [0.25, 0.3) is 0 Å². The lowest BCUT2D eigenvalue weighted by molar-refractivity contribution is 0.415. The number of rotatable bonds is 4. The molecule has 0 aliphatic carbocycles. The maximum absolute atomic E-state index is 11.5. The molecule has 9 heteroatoms. The second-order valence-corrected chi connectivity index (χ2v) is 9.84. The summed E-state index contributed by atoms with van der Waals surface area (Å²) in [5, 5.41) is 8.15. The van der Waals surface area contributed by atoms with Gasteiger partial charge in [0, 0.05) is 11.7 Å². The summed E-state index contributed by atoms with van der Waals surface area (Å²) in [5.74, 6) is 0.898. The van der Waals surface area contributed by atoms with E-state index in [1.54, 1.807) is 22.8 Å². The molecule has 0 aliphatic heterocycles. The van der Waals surface area contributed by atoms with Gasteiger partial charge >= 0.3 is 0 Å². The fraction of sp³-hybridized carbons (Fsp3) is 0.412. The number of methoxy groups -OCH3 is 1. The Morgan fingerprint density at radius 3 is 2.54 bits per heavy atom. The van der Waals surface area contributed by atoms with Gasteiger partial charge in [-0.25, -0.2) is 13.4 Å². The predicted octanol–water partition coefficient (Wildman–Crippen LogP) is 3.23. The van der Waals surface area contributed by atoms with Gasteiger partial charge in [0.1, 0.15) is 10.8 Å². The molecule has 0 unspecified atom stereocenters. The molecule has 3 aromatic rings. The lowest BCUT2D eigenvalue weighted by Crippen LogP contribution is -2.13. The minimum atomic E-state index is -3.13. The second kappa shape index (κ2) is 6.28. The minimum Gasteiger partial charge on any atom is -0.496 e. The zero-order chi connectivity index (χ0) is 19.3. The number of nitrogens with one attached hydrogen (secondary N) is 1. The first kappa shape index (κ1) is 18.7. The summed E-state index contributed by atoms with van der Waals surface area (Å²) in [6.07, 6.45) is 1.20. The number of aromatic nitrogens is 4. The summed E-state index contributed by atoms with van der Waals surface area (Å²) >= 11 is 6.46. The Balaban J connectivity index is 2.06. The van der Waals surface area contributed by atoms with Crippen molar-refractivity contribution in [3.63, 3.8) is 0 Å². The van der Waals surface area contributed by atoms with Crippen LogP contribution in [0.15, 0.2) is 18.2 Å². The van der Waals surface area contributed by atoms with Crippen molar-refractivity contribution in [1.29, 1.82) is 0 Å². The number of halogens is 1. The topological polar surface area (TPSA) is 89.4 Å². The average Bonchev–Trinajstić information content (AvgIpc) is 3.05. The highest BCUT2D eigenvalue weighted by Gasteiger charge is 2.25. The molecule has 0 bridgehead atoms. The van der Waals surface area contributed by atoms with Crippen LogP contribution in [0.2, 0.25) is 5.02 Å². The average molecular weight is 397 g/mol. The molecule has 1 aromatic carbocycles. The predicted molar refractivity (Wildman–Crippen MR) is 102 cm³/mol. The van der Waals surface area contributed by atoms with Crippen LogP contribution in [-0.2, 0) is 21.0 Å². The number of hydrogen-bond donors (Lipinski definition) is 1. The van der Waals surface area contributed by atoms with Crippen molar-refractivity contribution in [2.24, 2.45) is 0 Å². The van der Waals surface area contributed by atoms with E-state index in [-0.39, 0.29) is 11.2 Å². The first-order valence-electron chi connectivity index (χ1n) is 7.99. The fourth-order valence-electron chi connectivity index (χ4n) is 2.72. The largest absolute Gasteiger partial charge is 0.496 e. The van der Waals surface area contributed by atoms with Crippen LogP contribution in [0.3, 0.4) is 0 Å². The molecule has 0 saturated heterocycles. The molecule has 0 fully saturated rings. The van der Waals surface area contributed by atoms with E-state index in [1.807, 2.05) is 0 Å². The van der Waals surface area contributed by atoms with Gasteiger partial charge in [0.05, 0.1) is 24.1 Å². The molecular formula is C17H21ClN4O3S. The van der Waals surface area contributed by atoms with Gasteiger partial charge in [-0.1, -0.05) is 38.4 Å². The molecule has 0 atom stereocenters. The molecule has 1 N–H and O–H groups in total. The van der Waals surface area contributed by atoms with E-state index < -0.39 is 9.84 Å². The quantitative estimate of drug-likeness (QED) is 0.731. The van der Waals surface area contributed by atoms with E-state index in [0.29, 0.717) is 33.4 Å². The summed E-state index contributed by atoms with van der Waals surface area (Å²) in [5.41, 5.74) is 2.54. The van der Waals surface area contributed by atoms with Gasteiger partial charge in [-0.3, -0.25) is 5.10 Å². The Kier molecular flexibility index (Phi) is 4.52. The normalized spacial score (nSPS) is 12.7. The lowest BCUT2D eigenvalue weighted by atomic mass is 9.92. The Hall–Kier alpha value is -2.06. The third-order valence-electron chi connectivity index (χ3n) is 3.93. The fourth-order valence-corrected chi connectivity index (χ4v) is 3.96. The highest BCUT2D eigenvalue weighted by atomic mass is 35.5. The molecule has 0 saturated carbocycles. The molecule has 0 spiro atoms. The van der Waals surface area contributed by atoms with Gasteiger partial charge in [-0.2, -0.15) is 4.63 Å². The second-order valence-electron chi connectivity index (χ2n) is 7.33. The molecule has 0 aliphatic rings. The van der Waals surface area contributed by atoms with Crippen LogP contribution < -0.4 is 4.74 Å². The Labute approximate surface area is 157 Å². The maximum atomic E-state index is 11.5. The monoisotopic (exact) mass is 396 g/mol. The minimum absolute atomic E-state index is 0.0537. The summed E-state index contributed by atoms with van der Waals surface area (Å²) < 4.78 is 30.0. The summed E-state index contributed by atoms with van der Waals surface area (Å²) in [4.78, 5) is 4.52. The number of sulfone groups is 1. The molecule has 2 heterocycles. The van der Waals surface area contributed by atoms with Crippen LogP contribution >= 0.6 is 11.6 Å². The molecule has 0 amide bonds. The lowest BCUT2D eigenvalue weighted by Gasteiger charge is -2.16. The molecule has 3 rings (SSSR count). The van der Waals surface area contributed by atoms with Crippen molar-refractivity contribution in [3.05, 3.63) is 34.5 Å². The number of H-pyrrole nitrogens is 1. The van der Waals surface area contributed by atoms with E-state index in [1.165, 1.54) is 13.4 Å². The molecule has 26 heavy (non-hydrogen) atoms. The number of hydrogen-bond acceptors (Lipinski definition) is 5. The van der Waals surface area contributed by atoms with Crippen LogP contribution in [0.1, 0.15) is 32.0 Å². The Morgan fingerprint density at radius 2 is 2.00 bits per heavy atom. The molecule has 0 radical (unpaired) electrons. The van der Waals surface area contributed by atoms with E-state index in [2.05, 4.69) is 36.0 Å². The Bertz CT molecular complexity index is 1080. The standard InChI is InChI=1S/C17H21ClN4O3S/c1-17(2,3)14-13(18)16-19-15(21-22(16)20-14)11-7-6-10(8-12(11)25-4)9-26(5,23)24/h6-8,20H,9H2,1-5H3. The summed E-state index contributed by atoms with van der Waals surface area (Å²) in [6, 6.07) is 5.18. The maximum Gasteiger partial charge on any atom is 0.194 e. The third kappa shape index (κ3) is 3.57. The van der Waals surface area contributed by atoms with Crippen molar-refractivity contribution in [2.75, 3.05) is 13.4 Å². The highest BCUT2D eigenvalue weighted by molar-refractivity contribution is 7.89. The van der Waals surface area contributed by atoms with Crippen LogP contribution in [0.25, 0.3) is 17.0 Å². The van der Waals surface area contributed by atoms with Crippen molar-refractivity contribution in [1.82, 2.24) is 19.8 Å². The third-order valence-corrected chi connectivity index (χ3v) is 5.14. The van der Waals surface area contributed by atoms with Gasteiger partial charge in [-0.05, 0) is 17.7 Å². The summed E-state index contributed by atoms with van der Waals surface area (Å²) in [6.45, 7) is 6.15. The smallest absolute Gasteiger partial charge is 0.194 e. The summed E-state index contributed by atoms with van der Waals surface area (Å²) in [7, 11) is -1.61. The van der Waals surface area contributed by atoms with Gasteiger partial charge in [-0.15, -0.1) is 5.10 Å². The van der Waals surface area contributed by atoms with Crippen LogP contribution in [-0.4, -0.2) is 41.6 Å². The Morgan fingerprint density at radius 1 is 1.31 bits per heavy atom. The van der Waals surface area contributed by atoms with Crippen molar-refractivity contribution in [2.45, 2.75) is 31.9 Å². The van der Waals surface area contributed by atoms with Gasteiger partial charge in [0.15, 0.2) is 21.3 Å². The number of nitrogens with zero attached hydrogens (tertiary/aromatic N) is 3. The van der Waals surface area contributed by atoms with Gasteiger partial charge < -0.3 is 4.74 Å². The van der Waals surface area contributed by atoms with Crippen LogP contribution in [0.4, 0.5) is 0 Å². The molecule has 7 nitrogen and oxygen atoms in total. The van der Waals surface area contributed by atoms with Crippen molar-refractivity contribution in [3.8, 4) is 17.1 Å². The first-order valence-corrected chi connectivity index (χ1v) is 10.4. The van der Waals surface area contributed by atoms with E-state index in [0.717, 1.165) is 5.69 Å². The SMILES string of the molecule is COc1cc(CS(C)(=O)=O)ccc1-c1nc2c(Cl)c(C(C)(C)C)[nH]n2n1. The van der Waals surface area contributed by atoms with E-state index >= 15 is 0 Å². The number of benzene rings is 1. The highest BCUT2D eigenvalue weighted by Crippen LogP contribution is 2.34. The van der Waals surface area contributed by atoms with Crippen molar-refractivity contribution >= 4 is 27.1 Å². The van der Waals surface area contributed by atoms with Crippen LogP contribution in [0, 0.1) is 0 Å². The van der Waals surface area contributed by atoms with Crippen molar-refractivity contribution < 1.29 is 13.2 Å².